The summed E-state index contributed by atoms with van der Waals surface area (Å²) in [5.74, 6) is 1.31. The van der Waals surface area contributed by atoms with Gasteiger partial charge in [0.15, 0.2) is 0 Å². The lowest BCUT2D eigenvalue weighted by Gasteiger charge is -2.34. The lowest BCUT2D eigenvalue weighted by molar-refractivity contribution is -0.0440. The van der Waals surface area contributed by atoms with Gasteiger partial charge in [0.05, 0.1) is 17.1 Å². The van der Waals surface area contributed by atoms with E-state index in [1.807, 2.05) is 44.2 Å². The number of rotatable bonds is 4. The van der Waals surface area contributed by atoms with E-state index in [4.69, 9.17) is 9.47 Å². The first-order chi connectivity index (χ1) is 11.4. The van der Waals surface area contributed by atoms with E-state index in [0.717, 1.165) is 0 Å². The molecule has 0 radical (unpaired) electrons. The lowest BCUT2D eigenvalue weighted by Crippen LogP contribution is -2.48. The van der Waals surface area contributed by atoms with Crippen LogP contribution in [0.3, 0.4) is 0 Å². The number of sulfonamides is 1. The number of nitrogens with zero attached hydrogens (tertiary/aromatic N) is 1. The Balaban J connectivity index is 1.77. The van der Waals surface area contributed by atoms with Gasteiger partial charge in [0, 0.05) is 13.1 Å². The normalized spacial score (nSPS) is 22.2. The highest BCUT2D eigenvalue weighted by molar-refractivity contribution is 7.89. The van der Waals surface area contributed by atoms with Gasteiger partial charge in [-0.3, -0.25) is 0 Å². The Hall–Kier alpha value is -1.89. The van der Waals surface area contributed by atoms with Gasteiger partial charge in [0.1, 0.15) is 11.5 Å². The van der Waals surface area contributed by atoms with Gasteiger partial charge in [0.2, 0.25) is 10.0 Å². The molecule has 0 aliphatic carbocycles. The molecular weight excluding hydrogens is 326 g/mol. The van der Waals surface area contributed by atoms with E-state index < -0.39 is 10.0 Å². The molecule has 1 aliphatic rings. The highest BCUT2D eigenvalue weighted by atomic mass is 32.2. The Bertz CT molecular complexity index is 764. The largest absolute Gasteiger partial charge is 0.457 e. The minimum Gasteiger partial charge on any atom is -0.457 e. The van der Waals surface area contributed by atoms with E-state index in [1.165, 1.54) is 4.31 Å². The topological polar surface area (TPSA) is 55.8 Å². The molecule has 0 aromatic heterocycles. The van der Waals surface area contributed by atoms with E-state index in [9.17, 15) is 8.42 Å². The standard InChI is InChI=1S/C18H21NO4S/c1-14-12-19(13-15(2)22-14)24(20,21)18-10-8-17(9-11-18)23-16-6-4-3-5-7-16/h3-11,14-15H,12-13H2,1-2H3. The van der Waals surface area contributed by atoms with Gasteiger partial charge in [0.25, 0.3) is 0 Å². The monoisotopic (exact) mass is 347 g/mol. The minimum absolute atomic E-state index is 0.107. The smallest absolute Gasteiger partial charge is 0.243 e. The maximum Gasteiger partial charge on any atom is 0.243 e. The number of para-hydroxylation sites is 1. The van der Waals surface area contributed by atoms with Crippen molar-refractivity contribution in [1.82, 2.24) is 4.31 Å². The van der Waals surface area contributed by atoms with Gasteiger partial charge in [-0.1, -0.05) is 18.2 Å². The summed E-state index contributed by atoms with van der Waals surface area (Å²) in [7, 11) is -3.52. The van der Waals surface area contributed by atoms with E-state index in [1.54, 1.807) is 24.3 Å². The van der Waals surface area contributed by atoms with E-state index in [2.05, 4.69) is 0 Å². The van der Waals surface area contributed by atoms with Crippen LogP contribution in [-0.4, -0.2) is 38.0 Å². The fourth-order valence-electron chi connectivity index (χ4n) is 2.78. The third kappa shape index (κ3) is 3.77. The molecule has 0 spiro atoms. The first kappa shape index (κ1) is 17.0. The summed E-state index contributed by atoms with van der Waals surface area (Å²) >= 11 is 0. The van der Waals surface area contributed by atoms with Crippen molar-refractivity contribution >= 4 is 10.0 Å². The zero-order valence-electron chi connectivity index (χ0n) is 13.8. The summed E-state index contributed by atoms with van der Waals surface area (Å²) in [5.41, 5.74) is 0. The molecule has 2 atom stereocenters. The Labute approximate surface area is 142 Å². The van der Waals surface area contributed by atoms with Crippen molar-refractivity contribution < 1.29 is 17.9 Å². The fourth-order valence-corrected chi connectivity index (χ4v) is 4.37. The number of morpholine rings is 1. The molecule has 1 saturated heterocycles. The maximum atomic E-state index is 12.8. The van der Waals surface area contributed by atoms with E-state index >= 15 is 0 Å². The van der Waals surface area contributed by atoms with Crippen LogP contribution in [0.1, 0.15) is 13.8 Å². The third-order valence-electron chi connectivity index (χ3n) is 3.83. The van der Waals surface area contributed by atoms with Crippen molar-refractivity contribution in [3.63, 3.8) is 0 Å². The first-order valence-electron chi connectivity index (χ1n) is 7.94. The molecule has 1 aliphatic heterocycles. The van der Waals surface area contributed by atoms with E-state index in [-0.39, 0.29) is 17.1 Å². The quantitative estimate of drug-likeness (QED) is 0.852. The maximum absolute atomic E-state index is 12.8. The van der Waals surface area contributed by atoms with Crippen molar-refractivity contribution in [3.05, 3.63) is 54.6 Å². The molecule has 2 unspecified atom stereocenters. The average molecular weight is 347 g/mol. The molecular formula is C18H21NO4S. The van der Waals surface area contributed by atoms with Gasteiger partial charge in [-0.2, -0.15) is 4.31 Å². The molecule has 5 nitrogen and oxygen atoms in total. The highest BCUT2D eigenvalue weighted by Crippen LogP contribution is 2.25. The van der Waals surface area contributed by atoms with Crippen molar-refractivity contribution in [3.8, 4) is 11.5 Å². The Morgan fingerprint density at radius 1 is 0.917 bits per heavy atom. The van der Waals surface area contributed by atoms with Crippen molar-refractivity contribution in [2.45, 2.75) is 31.0 Å². The third-order valence-corrected chi connectivity index (χ3v) is 5.67. The number of benzene rings is 2. The zero-order valence-corrected chi connectivity index (χ0v) is 14.6. The summed E-state index contributed by atoms with van der Waals surface area (Å²) in [6, 6.07) is 15.9. The van der Waals surface area contributed by atoms with Gasteiger partial charge in [-0.15, -0.1) is 0 Å². The van der Waals surface area contributed by atoms with Gasteiger partial charge >= 0.3 is 0 Å². The van der Waals surface area contributed by atoms with Crippen molar-refractivity contribution in [1.29, 1.82) is 0 Å². The van der Waals surface area contributed by atoms with Crippen LogP contribution in [-0.2, 0) is 14.8 Å². The molecule has 3 rings (SSSR count). The lowest BCUT2D eigenvalue weighted by atomic mass is 10.3. The first-order valence-corrected chi connectivity index (χ1v) is 9.38. The number of ether oxygens (including phenoxy) is 2. The minimum atomic E-state index is -3.52. The fraction of sp³-hybridized carbons (Fsp3) is 0.333. The van der Waals surface area contributed by atoms with Crippen LogP contribution in [0.25, 0.3) is 0 Å². The second-order valence-corrected chi connectivity index (χ2v) is 7.90. The molecule has 2 aromatic carbocycles. The van der Waals surface area contributed by atoms with Crippen LogP contribution < -0.4 is 4.74 Å². The predicted molar refractivity (Wildman–Crippen MR) is 91.7 cm³/mol. The number of hydrogen-bond donors (Lipinski definition) is 0. The molecule has 6 heteroatoms. The Kier molecular flexibility index (Phi) is 4.89. The second kappa shape index (κ2) is 6.93. The molecule has 0 amide bonds. The number of hydrogen-bond acceptors (Lipinski definition) is 4. The SMILES string of the molecule is CC1CN(S(=O)(=O)c2ccc(Oc3ccccc3)cc2)CC(C)O1. The summed E-state index contributed by atoms with van der Waals surface area (Å²) in [6.07, 6.45) is -0.214. The van der Waals surface area contributed by atoms with Crippen molar-refractivity contribution in [2.24, 2.45) is 0 Å². The average Bonchev–Trinajstić information content (AvgIpc) is 2.55. The molecule has 128 valence electrons. The van der Waals surface area contributed by atoms with Crippen LogP contribution in [0.4, 0.5) is 0 Å². The summed E-state index contributed by atoms with van der Waals surface area (Å²) in [4.78, 5) is 0.268. The summed E-state index contributed by atoms with van der Waals surface area (Å²) < 4.78 is 38.3. The van der Waals surface area contributed by atoms with Crippen molar-refractivity contribution in [2.75, 3.05) is 13.1 Å². The van der Waals surface area contributed by atoms with Crippen LogP contribution in [0, 0.1) is 0 Å². The zero-order chi connectivity index (χ0) is 17.2. The molecule has 0 saturated carbocycles. The van der Waals surface area contributed by atoms with Crippen LogP contribution >= 0.6 is 0 Å². The van der Waals surface area contributed by atoms with Crippen LogP contribution in [0.15, 0.2) is 59.5 Å². The Morgan fingerprint density at radius 2 is 1.46 bits per heavy atom. The molecule has 1 fully saturated rings. The molecule has 24 heavy (non-hydrogen) atoms. The predicted octanol–water partition coefficient (Wildman–Crippen LogP) is 3.28. The van der Waals surface area contributed by atoms with Gasteiger partial charge in [-0.05, 0) is 50.2 Å². The molecule has 0 N–H and O–H groups in total. The molecule has 1 heterocycles. The summed E-state index contributed by atoms with van der Waals surface area (Å²) in [5, 5.41) is 0. The van der Waals surface area contributed by atoms with Crippen LogP contribution in [0.2, 0.25) is 0 Å². The van der Waals surface area contributed by atoms with E-state index in [0.29, 0.717) is 24.6 Å². The Morgan fingerprint density at radius 3 is 2.04 bits per heavy atom. The van der Waals surface area contributed by atoms with Crippen LogP contribution in [0.5, 0.6) is 11.5 Å². The van der Waals surface area contributed by atoms with Gasteiger partial charge < -0.3 is 9.47 Å². The second-order valence-electron chi connectivity index (χ2n) is 5.97. The molecule has 0 bridgehead atoms. The van der Waals surface area contributed by atoms with Gasteiger partial charge in [-0.25, -0.2) is 8.42 Å². The molecule has 2 aromatic rings. The summed E-state index contributed by atoms with van der Waals surface area (Å²) in [6.45, 7) is 4.51. The highest BCUT2D eigenvalue weighted by Gasteiger charge is 2.32.